The van der Waals surface area contributed by atoms with Crippen LogP contribution in [-0.4, -0.2) is 37.4 Å². The van der Waals surface area contributed by atoms with Gasteiger partial charge in [0.25, 0.3) is 0 Å². The SMILES string of the molecule is CCCCC(CC)CCOC(=O)CCCCCCCNCCO. The summed E-state index contributed by atoms with van der Waals surface area (Å²) in [6.45, 7) is 6.90. The van der Waals surface area contributed by atoms with Crippen molar-refractivity contribution in [3.63, 3.8) is 0 Å². The highest BCUT2D eigenvalue weighted by Gasteiger charge is 2.08. The van der Waals surface area contributed by atoms with Crippen molar-refractivity contribution < 1.29 is 14.6 Å². The number of carbonyl (C=O) groups excluding carboxylic acids is 1. The molecule has 1 atom stereocenters. The quantitative estimate of drug-likeness (QED) is 0.312. The van der Waals surface area contributed by atoms with Gasteiger partial charge in [0.05, 0.1) is 13.2 Å². The fraction of sp³-hybridized carbons (Fsp3) is 0.947. The predicted molar refractivity (Wildman–Crippen MR) is 96.5 cm³/mol. The standard InChI is InChI=1S/C19H39NO3/c1-3-5-11-18(4-2)13-17-23-19(22)12-9-7-6-8-10-14-20-15-16-21/h18,20-21H,3-17H2,1-2H3. The van der Waals surface area contributed by atoms with Crippen LogP contribution in [0.15, 0.2) is 0 Å². The van der Waals surface area contributed by atoms with Gasteiger partial charge in [0.2, 0.25) is 0 Å². The van der Waals surface area contributed by atoms with E-state index >= 15 is 0 Å². The van der Waals surface area contributed by atoms with Gasteiger partial charge >= 0.3 is 5.97 Å². The molecule has 0 rings (SSSR count). The molecule has 0 aliphatic carbocycles. The summed E-state index contributed by atoms with van der Waals surface area (Å²) in [6, 6.07) is 0. The van der Waals surface area contributed by atoms with Crippen LogP contribution in [0.4, 0.5) is 0 Å². The summed E-state index contributed by atoms with van der Waals surface area (Å²) in [5.41, 5.74) is 0. The lowest BCUT2D eigenvalue weighted by Crippen LogP contribution is -2.19. The average molecular weight is 330 g/mol. The minimum absolute atomic E-state index is 0.0278. The van der Waals surface area contributed by atoms with E-state index in [0.717, 1.165) is 32.2 Å². The largest absolute Gasteiger partial charge is 0.466 e. The first-order valence-electron chi connectivity index (χ1n) is 9.71. The maximum Gasteiger partial charge on any atom is 0.305 e. The molecule has 0 heterocycles. The number of carbonyl (C=O) groups is 1. The molecule has 0 aromatic heterocycles. The number of ether oxygens (including phenoxy) is 1. The number of aliphatic hydroxyl groups is 1. The fourth-order valence-electron chi connectivity index (χ4n) is 2.71. The number of hydrogen-bond donors (Lipinski definition) is 2. The van der Waals surface area contributed by atoms with Crippen LogP contribution in [0.5, 0.6) is 0 Å². The van der Waals surface area contributed by atoms with Crippen LogP contribution in [0.1, 0.15) is 84.5 Å². The number of hydrogen-bond acceptors (Lipinski definition) is 4. The second-order valence-corrected chi connectivity index (χ2v) is 6.42. The van der Waals surface area contributed by atoms with E-state index in [0.29, 0.717) is 25.5 Å². The molecule has 0 bridgehead atoms. The molecule has 1 unspecified atom stereocenters. The Labute approximate surface area is 143 Å². The second kappa shape index (κ2) is 17.7. The molecule has 23 heavy (non-hydrogen) atoms. The van der Waals surface area contributed by atoms with Gasteiger partial charge in [-0.15, -0.1) is 0 Å². The van der Waals surface area contributed by atoms with Crippen molar-refractivity contribution in [1.29, 1.82) is 0 Å². The lowest BCUT2D eigenvalue weighted by Gasteiger charge is -2.14. The van der Waals surface area contributed by atoms with Crippen molar-refractivity contribution in [2.24, 2.45) is 5.92 Å². The summed E-state index contributed by atoms with van der Waals surface area (Å²) in [5.74, 6) is 0.683. The minimum Gasteiger partial charge on any atom is -0.466 e. The summed E-state index contributed by atoms with van der Waals surface area (Å²) in [4.78, 5) is 11.7. The highest BCUT2D eigenvalue weighted by molar-refractivity contribution is 5.69. The lowest BCUT2D eigenvalue weighted by molar-refractivity contribution is -0.144. The van der Waals surface area contributed by atoms with Gasteiger partial charge in [-0.25, -0.2) is 0 Å². The molecule has 2 N–H and O–H groups in total. The Bertz CT molecular complexity index is 259. The summed E-state index contributed by atoms with van der Waals surface area (Å²) in [5, 5.41) is 11.8. The molecule has 0 saturated heterocycles. The third kappa shape index (κ3) is 16.0. The van der Waals surface area contributed by atoms with Gasteiger partial charge in [0.1, 0.15) is 0 Å². The number of unbranched alkanes of at least 4 members (excludes halogenated alkanes) is 5. The smallest absolute Gasteiger partial charge is 0.305 e. The van der Waals surface area contributed by atoms with E-state index < -0.39 is 0 Å². The van der Waals surface area contributed by atoms with E-state index in [1.807, 2.05) is 0 Å². The monoisotopic (exact) mass is 329 g/mol. The Morgan fingerprint density at radius 3 is 2.43 bits per heavy atom. The predicted octanol–water partition coefficient (Wildman–Crippen LogP) is 4.06. The van der Waals surface area contributed by atoms with E-state index in [9.17, 15) is 4.79 Å². The van der Waals surface area contributed by atoms with Crippen molar-refractivity contribution >= 4 is 5.97 Å². The number of nitrogens with one attached hydrogen (secondary N) is 1. The molecule has 0 aromatic carbocycles. The van der Waals surface area contributed by atoms with Crippen molar-refractivity contribution in [3.05, 3.63) is 0 Å². The van der Waals surface area contributed by atoms with Crippen molar-refractivity contribution in [2.75, 3.05) is 26.3 Å². The first kappa shape index (κ1) is 22.4. The van der Waals surface area contributed by atoms with Crippen LogP contribution in [0.25, 0.3) is 0 Å². The van der Waals surface area contributed by atoms with Gasteiger partial charge in [0.15, 0.2) is 0 Å². The molecule has 0 spiro atoms. The van der Waals surface area contributed by atoms with Crippen LogP contribution < -0.4 is 5.32 Å². The van der Waals surface area contributed by atoms with Crippen molar-refractivity contribution in [2.45, 2.75) is 84.5 Å². The molecule has 4 heteroatoms. The molecule has 0 radical (unpaired) electrons. The zero-order chi connectivity index (χ0) is 17.2. The van der Waals surface area contributed by atoms with E-state index in [2.05, 4.69) is 19.2 Å². The third-order valence-corrected chi connectivity index (χ3v) is 4.36. The molecule has 0 aliphatic heterocycles. The second-order valence-electron chi connectivity index (χ2n) is 6.42. The summed E-state index contributed by atoms with van der Waals surface area (Å²) < 4.78 is 5.35. The van der Waals surface area contributed by atoms with E-state index in [-0.39, 0.29) is 12.6 Å². The summed E-state index contributed by atoms with van der Waals surface area (Å²) in [7, 11) is 0. The minimum atomic E-state index is -0.0278. The number of esters is 1. The zero-order valence-electron chi connectivity index (χ0n) is 15.4. The van der Waals surface area contributed by atoms with E-state index in [1.54, 1.807) is 0 Å². The van der Waals surface area contributed by atoms with Crippen molar-refractivity contribution in [3.8, 4) is 0 Å². The van der Waals surface area contributed by atoms with Gasteiger partial charge in [-0.1, -0.05) is 58.8 Å². The number of rotatable bonds is 17. The molecule has 0 aliphatic rings. The molecule has 0 saturated carbocycles. The van der Waals surface area contributed by atoms with Gasteiger partial charge in [-0.3, -0.25) is 4.79 Å². The molecule has 0 amide bonds. The maximum atomic E-state index is 11.7. The van der Waals surface area contributed by atoms with Crippen LogP contribution in [-0.2, 0) is 9.53 Å². The number of aliphatic hydroxyl groups excluding tert-OH is 1. The van der Waals surface area contributed by atoms with Gasteiger partial charge in [-0.2, -0.15) is 0 Å². The van der Waals surface area contributed by atoms with Crippen LogP contribution >= 0.6 is 0 Å². The molecular formula is C19H39NO3. The van der Waals surface area contributed by atoms with E-state index in [4.69, 9.17) is 9.84 Å². The Morgan fingerprint density at radius 2 is 1.74 bits per heavy atom. The Balaban J connectivity index is 3.36. The maximum absolute atomic E-state index is 11.7. The van der Waals surface area contributed by atoms with Gasteiger partial charge in [0, 0.05) is 13.0 Å². The fourth-order valence-corrected chi connectivity index (χ4v) is 2.71. The molecular weight excluding hydrogens is 290 g/mol. The van der Waals surface area contributed by atoms with Crippen molar-refractivity contribution in [1.82, 2.24) is 5.32 Å². The van der Waals surface area contributed by atoms with Gasteiger partial charge in [-0.05, 0) is 31.7 Å². The van der Waals surface area contributed by atoms with Crippen LogP contribution in [0, 0.1) is 5.92 Å². The Kier molecular flexibility index (Phi) is 17.3. The zero-order valence-corrected chi connectivity index (χ0v) is 15.4. The first-order chi connectivity index (χ1) is 11.2. The van der Waals surface area contributed by atoms with Crippen LogP contribution in [0.2, 0.25) is 0 Å². The van der Waals surface area contributed by atoms with E-state index in [1.165, 1.54) is 38.5 Å². The molecule has 4 nitrogen and oxygen atoms in total. The summed E-state index contributed by atoms with van der Waals surface area (Å²) >= 11 is 0. The Hall–Kier alpha value is -0.610. The molecule has 0 fully saturated rings. The Morgan fingerprint density at radius 1 is 1.00 bits per heavy atom. The molecule has 0 aromatic rings. The van der Waals surface area contributed by atoms with Crippen LogP contribution in [0.3, 0.4) is 0 Å². The van der Waals surface area contributed by atoms with Gasteiger partial charge < -0.3 is 15.2 Å². The topological polar surface area (TPSA) is 58.6 Å². The third-order valence-electron chi connectivity index (χ3n) is 4.36. The summed E-state index contributed by atoms with van der Waals surface area (Å²) in [6.07, 6.45) is 12.1. The normalized spacial score (nSPS) is 12.3. The lowest BCUT2D eigenvalue weighted by atomic mass is 9.96. The average Bonchev–Trinajstić information content (AvgIpc) is 2.56. The highest BCUT2D eigenvalue weighted by atomic mass is 16.5. The highest BCUT2D eigenvalue weighted by Crippen LogP contribution is 2.16. The first-order valence-corrected chi connectivity index (χ1v) is 9.71. The molecule has 138 valence electrons.